The Kier molecular flexibility index (Phi) is 8.07. The van der Waals surface area contributed by atoms with Crippen LogP contribution in [0.1, 0.15) is 67.2 Å². The monoisotopic (exact) mass is 573 g/mol. The van der Waals surface area contributed by atoms with Gasteiger partial charge in [-0.25, -0.2) is 14.4 Å². The predicted molar refractivity (Wildman–Crippen MR) is 137 cm³/mol. The number of nitrogens with one attached hydrogen (secondary N) is 1. The van der Waals surface area contributed by atoms with Crippen molar-refractivity contribution in [3.05, 3.63) is 0 Å². The summed E-state index contributed by atoms with van der Waals surface area (Å²) in [4.78, 5) is 56.6. The number of carbonyl (C=O) groups excluding carboxylic acids is 4. The van der Waals surface area contributed by atoms with Crippen LogP contribution < -0.4 is 5.32 Å². The Hall–Kier alpha value is -2.65. The van der Waals surface area contributed by atoms with Gasteiger partial charge in [-0.2, -0.15) is 9.27 Å². The van der Waals surface area contributed by atoms with Crippen molar-refractivity contribution >= 4 is 35.5 Å². The molecule has 0 spiro atoms. The highest BCUT2D eigenvalue weighted by Gasteiger charge is 2.51. The Balaban J connectivity index is 1.44. The molecule has 4 fully saturated rings. The number of amides is 5. The maximum Gasteiger partial charge on any atom is 0.410 e. The van der Waals surface area contributed by atoms with Gasteiger partial charge in [0.05, 0.1) is 18.1 Å². The molecule has 3 unspecified atom stereocenters. The van der Waals surface area contributed by atoms with Crippen LogP contribution in [-0.2, 0) is 29.9 Å². The summed E-state index contributed by atoms with van der Waals surface area (Å²) in [5.41, 5.74) is -1.35. The molecular formula is C24H39N5O9S. The van der Waals surface area contributed by atoms with Crippen molar-refractivity contribution < 1.29 is 41.7 Å². The predicted octanol–water partition coefficient (Wildman–Crippen LogP) is 1.83. The Bertz CT molecular complexity index is 1010. The van der Waals surface area contributed by atoms with Gasteiger partial charge in [-0.1, -0.05) is 0 Å². The highest BCUT2D eigenvalue weighted by Crippen LogP contribution is 2.33. The van der Waals surface area contributed by atoms with Crippen LogP contribution in [0.3, 0.4) is 0 Å². The highest BCUT2D eigenvalue weighted by atomic mass is 32.2. The second-order valence-corrected chi connectivity index (χ2v) is 13.1. The van der Waals surface area contributed by atoms with E-state index in [1.165, 1.54) is 4.90 Å². The number of urea groups is 1. The molecule has 14 nitrogen and oxygen atoms in total. The highest BCUT2D eigenvalue weighted by molar-refractivity contribution is 7.74. The van der Waals surface area contributed by atoms with Gasteiger partial charge in [0.2, 0.25) is 5.91 Å². The topological polar surface area (TPSA) is 158 Å². The van der Waals surface area contributed by atoms with Gasteiger partial charge in [-0.15, -0.1) is 4.28 Å². The van der Waals surface area contributed by atoms with Gasteiger partial charge >= 0.3 is 29.6 Å². The van der Waals surface area contributed by atoms with Gasteiger partial charge < -0.3 is 24.6 Å². The molecule has 0 aliphatic carbocycles. The van der Waals surface area contributed by atoms with E-state index in [0.29, 0.717) is 25.7 Å². The number of hydroxylamine groups is 2. The normalized spacial score (nSPS) is 29.7. The molecule has 0 aromatic heterocycles. The number of nitrogens with zero attached hydrogens (tertiary/aromatic N) is 4. The van der Waals surface area contributed by atoms with E-state index in [1.54, 1.807) is 51.3 Å². The summed E-state index contributed by atoms with van der Waals surface area (Å²) in [6.45, 7) is 11.4. The third kappa shape index (κ3) is 6.74. The average molecular weight is 574 g/mol. The zero-order chi connectivity index (χ0) is 28.9. The first-order valence-electron chi connectivity index (χ1n) is 13.2. The van der Waals surface area contributed by atoms with Crippen LogP contribution in [0.15, 0.2) is 0 Å². The summed E-state index contributed by atoms with van der Waals surface area (Å²) in [7, 11) is 0. The maximum absolute atomic E-state index is 13.3. The van der Waals surface area contributed by atoms with E-state index < -0.39 is 64.9 Å². The van der Waals surface area contributed by atoms with Crippen molar-refractivity contribution in [1.29, 1.82) is 0 Å². The summed E-state index contributed by atoms with van der Waals surface area (Å²) in [5.74, 6) is -0.327. The van der Waals surface area contributed by atoms with E-state index >= 15 is 0 Å². The molecule has 4 bridgehead atoms. The van der Waals surface area contributed by atoms with Gasteiger partial charge in [0, 0.05) is 25.7 Å². The van der Waals surface area contributed by atoms with Crippen LogP contribution in [-0.4, -0.2) is 114 Å². The number of fused-ring (bicyclic) bond motifs is 4. The minimum Gasteiger partial charge on any atom is -0.444 e. The van der Waals surface area contributed by atoms with Crippen molar-refractivity contribution in [3.63, 3.8) is 0 Å². The first kappa shape index (κ1) is 29.3. The van der Waals surface area contributed by atoms with E-state index in [0.717, 1.165) is 5.06 Å². The van der Waals surface area contributed by atoms with Crippen molar-refractivity contribution in [1.82, 2.24) is 25.1 Å². The van der Waals surface area contributed by atoms with Gasteiger partial charge in [-0.05, 0) is 67.2 Å². The molecule has 4 rings (SSSR count). The van der Waals surface area contributed by atoms with Crippen LogP contribution in [0.2, 0.25) is 0 Å². The molecule has 0 radical (unpaired) electrons. The fourth-order valence-electron chi connectivity index (χ4n) is 5.76. The number of piperazine rings is 1. The molecule has 4 heterocycles. The molecule has 0 aromatic rings. The molecule has 0 saturated carbocycles. The number of hydrogen-bond acceptors (Lipinski definition) is 8. The van der Waals surface area contributed by atoms with Gasteiger partial charge in [0.15, 0.2) is 0 Å². The lowest BCUT2D eigenvalue weighted by Crippen LogP contribution is -2.68. The molecule has 2 N–H and O–H groups in total. The molecule has 4 aliphatic heterocycles. The molecule has 5 atom stereocenters. The lowest BCUT2D eigenvalue weighted by molar-refractivity contribution is -0.127. The first-order chi connectivity index (χ1) is 18.0. The van der Waals surface area contributed by atoms with E-state index in [2.05, 4.69) is 5.32 Å². The Labute approximate surface area is 230 Å². The van der Waals surface area contributed by atoms with Crippen molar-refractivity contribution in [2.45, 2.75) is 109 Å². The van der Waals surface area contributed by atoms with Crippen LogP contribution in [0.5, 0.6) is 0 Å². The fraction of sp³-hybridized carbons (Fsp3) is 0.833. The molecule has 220 valence electrons. The van der Waals surface area contributed by atoms with Crippen LogP contribution in [0.25, 0.3) is 0 Å². The lowest BCUT2D eigenvalue weighted by atomic mass is 9.87. The largest absolute Gasteiger partial charge is 0.444 e. The second-order valence-electron chi connectivity index (χ2n) is 12.6. The number of rotatable bonds is 4. The van der Waals surface area contributed by atoms with Crippen LogP contribution in [0, 0.1) is 0 Å². The standard InChI is InChI=1S/C24H39N5O9S/c1-23(2,3)36-21(32)26-11-16-9-14(10-17(12-26)28(16)22(33)37-24(4,5)6)25-19(30)18-8-7-15-13-27(18)20(31)29(15)38-39(34)35/h14-18H,7-13H2,1-6H3,(H,25,30)(H,34,35)/t14?,15-,16?,17?,18+/m1/s1. The zero-order valence-electron chi connectivity index (χ0n) is 23.2. The third-order valence-corrected chi connectivity index (χ3v) is 7.42. The van der Waals surface area contributed by atoms with E-state index in [4.69, 9.17) is 18.3 Å². The van der Waals surface area contributed by atoms with Crippen molar-refractivity contribution in [3.8, 4) is 0 Å². The summed E-state index contributed by atoms with van der Waals surface area (Å²) in [6.07, 6.45) is 0.698. The number of likely N-dealkylation sites (tertiary alicyclic amines) is 1. The van der Waals surface area contributed by atoms with Gasteiger partial charge in [0.1, 0.15) is 17.2 Å². The number of hydrogen-bond donors (Lipinski definition) is 2. The second kappa shape index (κ2) is 10.7. The summed E-state index contributed by atoms with van der Waals surface area (Å²) in [6, 6.07) is -2.86. The number of carbonyl (C=O) groups is 4. The zero-order valence-corrected chi connectivity index (χ0v) is 24.1. The summed E-state index contributed by atoms with van der Waals surface area (Å²) >= 11 is -2.64. The molecule has 4 saturated heterocycles. The minimum absolute atomic E-state index is 0.224. The lowest BCUT2D eigenvalue weighted by Gasteiger charge is -2.51. The SMILES string of the molecule is CC(C)(C)OC(=O)N1CC2CC(NC(=O)[C@@H]3CC[C@@H]4CN3C(=O)N4OS(=O)O)CC(C1)N2C(=O)OC(C)(C)C. The Morgan fingerprint density at radius 2 is 1.46 bits per heavy atom. The number of ether oxygens (including phenoxy) is 2. The molecule has 15 heteroatoms. The minimum atomic E-state index is -2.64. The molecule has 0 aromatic carbocycles. The van der Waals surface area contributed by atoms with Crippen LogP contribution >= 0.6 is 0 Å². The number of piperidine rings is 2. The van der Waals surface area contributed by atoms with Gasteiger partial charge in [0.25, 0.3) is 0 Å². The van der Waals surface area contributed by atoms with E-state index in [-0.39, 0.29) is 31.6 Å². The maximum atomic E-state index is 13.3. The molecule has 39 heavy (non-hydrogen) atoms. The molecular weight excluding hydrogens is 534 g/mol. The summed E-state index contributed by atoms with van der Waals surface area (Å²) in [5, 5.41) is 3.92. The Morgan fingerprint density at radius 1 is 0.897 bits per heavy atom. The summed E-state index contributed by atoms with van der Waals surface area (Å²) < 4.78 is 36.1. The van der Waals surface area contributed by atoms with Crippen molar-refractivity contribution in [2.24, 2.45) is 0 Å². The van der Waals surface area contributed by atoms with E-state index in [9.17, 15) is 23.4 Å². The smallest absolute Gasteiger partial charge is 0.410 e. The third-order valence-electron chi connectivity index (χ3n) is 7.13. The molecule has 5 amide bonds. The fourth-order valence-corrected chi connectivity index (χ4v) is 6.08. The quantitative estimate of drug-likeness (QED) is 0.479. The van der Waals surface area contributed by atoms with Crippen LogP contribution in [0.4, 0.5) is 14.4 Å². The van der Waals surface area contributed by atoms with Crippen molar-refractivity contribution in [2.75, 3.05) is 19.6 Å². The van der Waals surface area contributed by atoms with Gasteiger partial charge in [-0.3, -0.25) is 14.2 Å². The average Bonchev–Trinajstić information content (AvgIpc) is 2.99. The Morgan fingerprint density at radius 3 is 2.00 bits per heavy atom. The first-order valence-corrected chi connectivity index (χ1v) is 14.2. The van der Waals surface area contributed by atoms with E-state index in [1.807, 2.05) is 0 Å². The molecule has 4 aliphatic rings.